The van der Waals surface area contributed by atoms with E-state index in [2.05, 4.69) is 15.4 Å². The highest BCUT2D eigenvalue weighted by Gasteiger charge is 2.54. The molecule has 0 aliphatic carbocycles. The number of fused-ring (bicyclic) bond motifs is 2. The van der Waals surface area contributed by atoms with Crippen LogP contribution in [-0.2, 0) is 20.8 Å². The van der Waals surface area contributed by atoms with E-state index >= 15 is 0 Å². The van der Waals surface area contributed by atoms with Gasteiger partial charge in [0.1, 0.15) is 22.1 Å². The Hall–Kier alpha value is -3.31. The molecule has 3 aromatic rings. The molecule has 0 radical (unpaired) electrons. The third-order valence-electron chi connectivity index (χ3n) is 5.12. The first-order valence-corrected chi connectivity index (χ1v) is 11.6. The molecule has 162 valence electrons. The van der Waals surface area contributed by atoms with Gasteiger partial charge in [0, 0.05) is 23.1 Å². The first kappa shape index (κ1) is 20.6. The monoisotopic (exact) mass is 467 g/mol. The lowest BCUT2D eigenvalue weighted by Gasteiger charge is -2.49. The minimum Gasteiger partial charge on any atom is -0.477 e. The number of aromatic nitrogens is 3. The minimum absolute atomic E-state index is 0.0511. The first-order valence-electron chi connectivity index (χ1n) is 9.74. The molecule has 9 nitrogen and oxygen atoms in total. The number of thioether (sulfide) groups is 2. The van der Waals surface area contributed by atoms with Crippen molar-refractivity contribution < 1.29 is 19.5 Å². The number of hydrogen-bond acceptors (Lipinski definition) is 7. The Labute approximate surface area is 190 Å². The van der Waals surface area contributed by atoms with Crippen molar-refractivity contribution in [1.29, 1.82) is 0 Å². The van der Waals surface area contributed by atoms with Crippen LogP contribution in [0.1, 0.15) is 5.56 Å². The van der Waals surface area contributed by atoms with Crippen LogP contribution in [0.4, 0.5) is 0 Å². The molecular formula is C21H17N5O4S2. The van der Waals surface area contributed by atoms with Gasteiger partial charge in [0.25, 0.3) is 5.91 Å². The average molecular weight is 468 g/mol. The Morgan fingerprint density at radius 1 is 1.22 bits per heavy atom. The number of amides is 2. The van der Waals surface area contributed by atoms with E-state index in [1.807, 2.05) is 30.3 Å². The van der Waals surface area contributed by atoms with Crippen LogP contribution in [0.15, 0.2) is 70.5 Å². The number of carboxylic acid groups (broad SMARTS) is 1. The molecule has 1 saturated heterocycles. The highest BCUT2D eigenvalue weighted by Crippen LogP contribution is 2.44. The van der Waals surface area contributed by atoms with Crippen LogP contribution in [0, 0.1) is 0 Å². The van der Waals surface area contributed by atoms with Crippen molar-refractivity contribution in [3.63, 3.8) is 0 Å². The second-order valence-electron chi connectivity index (χ2n) is 7.20. The summed E-state index contributed by atoms with van der Waals surface area (Å²) in [6.07, 6.45) is 3.50. The van der Waals surface area contributed by atoms with E-state index in [0.29, 0.717) is 21.3 Å². The van der Waals surface area contributed by atoms with Gasteiger partial charge in [0.15, 0.2) is 5.65 Å². The molecule has 5 rings (SSSR count). The van der Waals surface area contributed by atoms with Crippen LogP contribution in [0.25, 0.3) is 5.65 Å². The second kappa shape index (κ2) is 8.32. The van der Waals surface area contributed by atoms with E-state index in [9.17, 15) is 19.5 Å². The molecule has 2 aliphatic heterocycles. The van der Waals surface area contributed by atoms with Crippen LogP contribution in [0.2, 0.25) is 0 Å². The number of carboxylic acids is 1. The van der Waals surface area contributed by atoms with Crippen LogP contribution < -0.4 is 5.32 Å². The van der Waals surface area contributed by atoms with Gasteiger partial charge in [-0.05, 0) is 17.7 Å². The van der Waals surface area contributed by atoms with Crippen LogP contribution >= 0.6 is 23.5 Å². The van der Waals surface area contributed by atoms with E-state index in [0.717, 1.165) is 5.56 Å². The predicted molar refractivity (Wildman–Crippen MR) is 119 cm³/mol. The molecule has 2 amide bonds. The van der Waals surface area contributed by atoms with E-state index < -0.39 is 23.3 Å². The van der Waals surface area contributed by atoms with Crippen LogP contribution in [-0.4, -0.2) is 59.6 Å². The fourth-order valence-corrected chi connectivity index (χ4v) is 6.09. The van der Waals surface area contributed by atoms with E-state index in [1.165, 1.54) is 28.4 Å². The summed E-state index contributed by atoms with van der Waals surface area (Å²) in [5, 5.41) is 17.2. The number of β-lactam (4-membered cyclic amide) rings is 1. The van der Waals surface area contributed by atoms with Crippen molar-refractivity contribution in [2.45, 2.75) is 22.9 Å². The molecule has 2 N–H and O–H groups in total. The third-order valence-corrected chi connectivity index (χ3v) is 7.59. The Morgan fingerprint density at radius 2 is 2.03 bits per heavy atom. The van der Waals surface area contributed by atoms with Crippen molar-refractivity contribution in [2.75, 3.05) is 5.75 Å². The summed E-state index contributed by atoms with van der Waals surface area (Å²) in [7, 11) is 0. The molecule has 0 unspecified atom stereocenters. The Balaban J connectivity index is 1.32. The molecule has 4 heterocycles. The van der Waals surface area contributed by atoms with Crippen molar-refractivity contribution in [3.8, 4) is 0 Å². The molecule has 0 spiro atoms. The Bertz CT molecular complexity index is 1260. The van der Waals surface area contributed by atoms with Crippen LogP contribution in [0.5, 0.6) is 0 Å². The predicted octanol–water partition coefficient (Wildman–Crippen LogP) is 1.76. The number of imidazole rings is 1. The topological polar surface area (TPSA) is 117 Å². The normalized spacial score (nSPS) is 20.1. The number of hydrogen-bond donors (Lipinski definition) is 2. The first-order chi connectivity index (χ1) is 15.5. The number of nitrogens with one attached hydrogen (secondary N) is 1. The zero-order valence-electron chi connectivity index (χ0n) is 16.5. The SMILES string of the molecule is O=C(Cc1ccccc1)N[C@@H]1C(=O)N2C(C(=O)O)=C(Sc3ccc4nccn4n3)CS[C@H]12. The fraction of sp³-hybridized carbons (Fsp3) is 0.190. The van der Waals surface area contributed by atoms with Gasteiger partial charge >= 0.3 is 5.97 Å². The summed E-state index contributed by atoms with van der Waals surface area (Å²) in [6.45, 7) is 0. The van der Waals surface area contributed by atoms with E-state index in [1.54, 1.807) is 29.0 Å². The molecule has 0 bridgehead atoms. The van der Waals surface area contributed by atoms with Gasteiger partial charge in [0.2, 0.25) is 5.91 Å². The highest BCUT2D eigenvalue weighted by molar-refractivity contribution is 8.06. The van der Waals surface area contributed by atoms with Crippen molar-refractivity contribution in [1.82, 2.24) is 24.8 Å². The molecule has 1 aromatic carbocycles. The number of nitrogens with zero attached hydrogens (tertiary/aromatic N) is 4. The van der Waals surface area contributed by atoms with Gasteiger partial charge in [-0.15, -0.1) is 11.8 Å². The molecular weight excluding hydrogens is 450 g/mol. The number of carbonyl (C=O) groups is 3. The van der Waals surface area contributed by atoms with Crippen molar-refractivity contribution >= 4 is 47.0 Å². The number of carbonyl (C=O) groups excluding carboxylic acids is 2. The maximum absolute atomic E-state index is 12.8. The average Bonchev–Trinajstić information content (AvgIpc) is 3.25. The maximum Gasteiger partial charge on any atom is 0.353 e. The quantitative estimate of drug-likeness (QED) is 0.527. The van der Waals surface area contributed by atoms with Gasteiger partial charge in [-0.25, -0.2) is 14.3 Å². The molecule has 2 aromatic heterocycles. The summed E-state index contributed by atoms with van der Waals surface area (Å²) in [5.41, 5.74) is 1.48. The summed E-state index contributed by atoms with van der Waals surface area (Å²) >= 11 is 2.64. The lowest BCUT2D eigenvalue weighted by Crippen LogP contribution is -2.70. The Kier molecular flexibility index (Phi) is 5.35. The molecule has 11 heteroatoms. The molecule has 1 fully saturated rings. The molecule has 2 atom stereocenters. The van der Waals surface area contributed by atoms with Crippen molar-refractivity contribution in [2.24, 2.45) is 0 Å². The van der Waals surface area contributed by atoms with Gasteiger partial charge < -0.3 is 10.4 Å². The standard InChI is InChI=1S/C21H17N5O4S2/c27-15(10-12-4-2-1-3-5-12)23-17-19(28)26-18(21(29)30)13(11-31-20(17)26)32-16-7-6-14-22-8-9-25(14)24-16/h1-9,17,20H,10-11H2,(H,23,27)(H,29,30)/t17-,20-/m1/s1. The number of rotatable bonds is 6. The molecule has 32 heavy (non-hydrogen) atoms. The number of benzene rings is 1. The lowest BCUT2D eigenvalue weighted by atomic mass is 10.0. The van der Waals surface area contributed by atoms with Gasteiger partial charge in [0.05, 0.1) is 6.42 Å². The van der Waals surface area contributed by atoms with Crippen LogP contribution in [0.3, 0.4) is 0 Å². The fourth-order valence-electron chi connectivity index (χ4n) is 3.65. The zero-order chi connectivity index (χ0) is 22.2. The zero-order valence-corrected chi connectivity index (χ0v) is 18.2. The summed E-state index contributed by atoms with van der Waals surface area (Å²) < 4.78 is 1.61. The smallest absolute Gasteiger partial charge is 0.353 e. The van der Waals surface area contributed by atoms with Gasteiger partial charge in [-0.2, -0.15) is 5.10 Å². The highest BCUT2D eigenvalue weighted by atomic mass is 32.2. The largest absolute Gasteiger partial charge is 0.477 e. The summed E-state index contributed by atoms with van der Waals surface area (Å²) in [4.78, 5) is 43.2. The summed E-state index contributed by atoms with van der Waals surface area (Å²) in [5.74, 6) is -1.47. The molecule has 0 saturated carbocycles. The molecule has 2 aliphatic rings. The summed E-state index contributed by atoms with van der Waals surface area (Å²) in [6, 6.07) is 12.1. The Morgan fingerprint density at radius 3 is 2.81 bits per heavy atom. The third kappa shape index (κ3) is 3.73. The van der Waals surface area contributed by atoms with E-state index in [4.69, 9.17) is 0 Å². The lowest BCUT2D eigenvalue weighted by molar-refractivity contribution is -0.150. The number of aliphatic carboxylic acids is 1. The second-order valence-corrected chi connectivity index (χ2v) is 9.42. The maximum atomic E-state index is 12.8. The minimum atomic E-state index is -1.18. The van der Waals surface area contributed by atoms with Crippen molar-refractivity contribution in [3.05, 3.63) is 71.0 Å². The van der Waals surface area contributed by atoms with Gasteiger partial charge in [-0.3, -0.25) is 14.5 Å². The van der Waals surface area contributed by atoms with E-state index in [-0.39, 0.29) is 18.0 Å². The van der Waals surface area contributed by atoms with Gasteiger partial charge in [-0.1, -0.05) is 42.1 Å².